The van der Waals surface area contributed by atoms with Gasteiger partial charge in [-0.25, -0.2) is 0 Å². The van der Waals surface area contributed by atoms with Crippen molar-refractivity contribution in [3.63, 3.8) is 0 Å². The summed E-state index contributed by atoms with van der Waals surface area (Å²) in [5.74, 6) is 0.505. The fourth-order valence-electron chi connectivity index (χ4n) is 2.74. The number of nitrogen functional groups attached to an aromatic ring is 1. The Hall–Kier alpha value is -1.75. The average molecular weight is 306 g/mol. The zero-order chi connectivity index (χ0) is 14.9. The molecule has 3 N–H and O–H groups in total. The minimum Gasteiger partial charge on any atom is -0.368 e. The molecular weight excluding hydrogens is 288 g/mol. The number of nitrogens with two attached hydrogens (primary N) is 1. The van der Waals surface area contributed by atoms with Gasteiger partial charge in [0.15, 0.2) is 5.16 Å². The third-order valence-electron chi connectivity index (χ3n) is 3.99. The van der Waals surface area contributed by atoms with Gasteiger partial charge in [-0.05, 0) is 38.5 Å². The maximum absolute atomic E-state index is 12.1. The summed E-state index contributed by atoms with van der Waals surface area (Å²) in [7, 11) is 0. The number of nitrogens with zero attached hydrogens (tertiary/aromatic N) is 4. The van der Waals surface area contributed by atoms with E-state index in [1.54, 1.807) is 0 Å². The van der Waals surface area contributed by atoms with E-state index < -0.39 is 5.54 Å². The van der Waals surface area contributed by atoms with Gasteiger partial charge in [-0.15, -0.1) is 10.2 Å². The number of carbonyl (C=O) groups is 1. The van der Waals surface area contributed by atoms with Gasteiger partial charge >= 0.3 is 0 Å². The summed E-state index contributed by atoms with van der Waals surface area (Å²) in [6.45, 7) is 0. The number of rotatable bonds is 5. The Balaban J connectivity index is 1.58. The first-order valence-corrected chi connectivity index (χ1v) is 8.17. The summed E-state index contributed by atoms with van der Waals surface area (Å²) >= 11 is 1.32. The largest absolute Gasteiger partial charge is 0.368 e. The molecule has 0 radical (unpaired) electrons. The van der Waals surface area contributed by atoms with Crippen molar-refractivity contribution in [3.05, 3.63) is 0 Å². The maximum Gasteiger partial charge on any atom is 0.231 e. The van der Waals surface area contributed by atoms with Crippen LogP contribution in [0.1, 0.15) is 44.6 Å². The lowest BCUT2D eigenvalue weighted by molar-refractivity contribution is -0.119. The zero-order valence-corrected chi connectivity index (χ0v) is 12.5. The van der Waals surface area contributed by atoms with Gasteiger partial charge in [-0.3, -0.25) is 9.36 Å². The molecule has 0 atom stereocenters. The molecule has 2 aliphatic rings. The maximum atomic E-state index is 12.1. The van der Waals surface area contributed by atoms with Gasteiger partial charge in [0.2, 0.25) is 11.9 Å². The van der Waals surface area contributed by atoms with Gasteiger partial charge in [0.05, 0.1) is 11.8 Å². The normalized spacial score (nSPS) is 20.1. The van der Waals surface area contributed by atoms with Crippen molar-refractivity contribution in [1.29, 1.82) is 5.26 Å². The lowest BCUT2D eigenvalue weighted by atomic mass is 10.0. The quantitative estimate of drug-likeness (QED) is 0.792. The van der Waals surface area contributed by atoms with E-state index in [0.29, 0.717) is 17.1 Å². The molecule has 2 saturated carbocycles. The number of carbonyl (C=O) groups excluding carboxylic acids is 1. The molecule has 1 amide bonds. The number of nitriles is 1. The van der Waals surface area contributed by atoms with Crippen LogP contribution in [-0.2, 0) is 4.79 Å². The van der Waals surface area contributed by atoms with Crippen molar-refractivity contribution in [1.82, 2.24) is 20.1 Å². The zero-order valence-electron chi connectivity index (χ0n) is 11.7. The summed E-state index contributed by atoms with van der Waals surface area (Å²) in [6, 6.07) is 2.64. The molecule has 8 heteroatoms. The Bertz CT molecular complexity index is 582. The predicted octanol–water partition coefficient (Wildman–Crippen LogP) is 1.24. The Labute approximate surface area is 127 Å². The van der Waals surface area contributed by atoms with Crippen molar-refractivity contribution in [2.24, 2.45) is 0 Å². The molecule has 0 unspecified atom stereocenters. The molecule has 7 nitrogen and oxygen atoms in total. The van der Waals surface area contributed by atoms with Crippen molar-refractivity contribution >= 4 is 23.6 Å². The van der Waals surface area contributed by atoms with Crippen LogP contribution in [0.2, 0.25) is 0 Å². The van der Waals surface area contributed by atoms with Crippen LogP contribution in [-0.4, -0.2) is 32.0 Å². The Morgan fingerprint density at radius 3 is 2.81 bits per heavy atom. The highest BCUT2D eigenvalue weighted by Gasteiger charge is 2.35. The van der Waals surface area contributed by atoms with Crippen LogP contribution in [0, 0.1) is 11.3 Å². The third-order valence-corrected chi connectivity index (χ3v) is 4.93. The molecular formula is C13H18N6OS. The van der Waals surface area contributed by atoms with Crippen molar-refractivity contribution < 1.29 is 4.79 Å². The second kappa shape index (κ2) is 5.56. The molecule has 2 fully saturated rings. The first kappa shape index (κ1) is 14.2. The minimum atomic E-state index is -0.666. The van der Waals surface area contributed by atoms with E-state index in [1.807, 2.05) is 4.57 Å². The van der Waals surface area contributed by atoms with Gasteiger partial charge < -0.3 is 11.1 Å². The molecule has 1 aromatic heterocycles. The van der Waals surface area contributed by atoms with Crippen LogP contribution < -0.4 is 11.1 Å². The highest BCUT2D eigenvalue weighted by atomic mass is 32.2. The number of thioether (sulfide) groups is 1. The lowest BCUT2D eigenvalue weighted by Crippen LogP contribution is -2.45. The number of amides is 1. The smallest absolute Gasteiger partial charge is 0.231 e. The monoisotopic (exact) mass is 306 g/mol. The van der Waals surface area contributed by atoms with Gasteiger partial charge in [-0.2, -0.15) is 5.26 Å². The Kier molecular flexibility index (Phi) is 3.76. The number of aromatic nitrogens is 3. The van der Waals surface area contributed by atoms with E-state index >= 15 is 0 Å². The van der Waals surface area contributed by atoms with Gasteiger partial charge in [0.1, 0.15) is 5.54 Å². The second-order valence-electron chi connectivity index (χ2n) is 5.68. The van der Waals surface area contributed by atoms with Gasteiger partial charge in [0.25, 0.3) is 0 Å². The minimum absolute atomic E-state index is 0.132. The highest BCUT2D eigenvalue weighted by Crippen LogP contribution is 2.39. The van der Waals surface area contributed by atoms with E-state index in [1.165, 1.54) is 11.8 Å². The molecule has 0 saturated heterocycles. The van der Waals surface area contributed by atoms with Crippen molar-refractivity contribution in [2.75, 3.05) is 11.5 Å². The van der Waals surface area contributed by atoms with Gasteiger partial charge in [0, 0.05) is 6.04 Å². The Morgan fingerprint density at radius 2 is 2.19 bits per heavy atom. The fourth-order valence-corrected chi connectivity index (χ4v) is 3.55. The van der Waals surface area contributed by atoms with Crippen LogP contribution in [0.15, 0.2) is 5.16 Å². The second-order valence-corrected chi connectivity index (χ2v) is 6.62. The third kappa shape index (κ3) is 2.97. The molecule has 21 heavy (non-hydrogen) atoms. The molecule has 0 aromatic carbocycles. The highest BCUT2D eigenvalue weighted by molar-refractivity contribution is 7.99. The molecule has 3 rings (SSSR count). The fraction of sp³-hybridized carbons (Fsp3) is 0.692. The molecule has 0 bridgehead atoms. The summed E-state index contributed by atoms with van der Waals surface area (Å²) in [5, 5.41) is 20.7. The summed E-state index contributed by atoms with van der Waals surface area (Å²) < 4.78 is 1.90. The lowest BCUT2D eigenvalue weighted by Gasteiger charge is -2.21. The topological polar surface area (TPSA) is 110 Å². The van der Waals surface area contributed by atoms with Crippen LogP contribution in [0.5, 0.6) is 0 Å². The van der Waals surface area contributed by atoms with Crippen LogP contribution in [0.3, 0.4) is 0 Å². The summed E-state index contributed by atoms with van der Waals surface area (Å²) in [6.07, 6.45) is 5.64. The molecule has 2 aliphatic carbocycles. The van der Waals surface area contributed by atoms with Crippen molar-refractivity contribution in [2.45, 2.75) is 55.3 Å². The molecule has 112 valence electrons. The average Bonchev–Trinajstić information content (AvgIpc) is 3.08. The number of hydrogen-bond acceptors (Lipinski definition) is 6. The van der Waals surface area contributed by atoms with Crippen LogP contribution in [0.4, 0.5) is 5.95 Å². The number of nitrogens with one attached hydrogen (secondary N) is 1. The molecule has 0 spiro atoms. The first-order chi connectivity index (χ1) is 10.1. The standard InChI is InChI=1S/C13H18N6OS/c14-8-13(5-1-2-6-13)16-10(20)7-21-12-18-17-11(15)19(12)9-3-4-9/h9H,1-7H2,(H2,15,17)(H,16,20). The van der Waals surface area contributed by atoms with E-state index in [4.69, 9.17) is 5.73 Å². The van der Waals surface area contributed by atoms with Crippen LogP contribution >= 0.6 is 11.8 Å². The first-order valence-electron chi connectivity index (χ1n) is 7.19. The number of hydrogen-bond donors (Lipinski definition) is 2. The summed E-state index contributed by atoms with van der Waals surface area (Å²) in [5.41, 5.74) is 5.13. The summed E-state index contributed by atoms with van der Waals surface area (Å²) in [4.78, 5) is 12.1. The molecule has 0 aliphatic heterocycles. The van der Waals surface area contributed by atoms with Crippen LogP contribution in [0.25, 0.3) is 0 Å². The number of anilines is 1. The van der Waals surface area contributed by atoms with E-state index in [-0.39, 0.29) is 11.7 Å². The van der Waals surface area contributed by atoms with Gasteiger partial charge in [-0.1, -0.05) is 11.8 Å². The molecule has 1 heterocycles. The van der Waals surface area contributed by atoms with Crippen molar-refractivity contribution in [3.8, 4) is 6.07 Å². The van der Waals surface area contributed by atoms with E-state index in [0.717, 1.165) is 38.5 Å². The van der Waals surface area contributed by atoms with E-state index in [9.17, 15) is 10.1 Å². The SMILES string of the molecule is N#CC1(NC(=O)CSc2nnc(N)n2C2CC2)CCCC1. The predicted molar refractivity (Wildman–Crippen MR) is 78.4 cm³/mol. The molecule has 1 aromatic rings. The van der Waals surface area contributed by atoms with E-state index in [2.05, 4.69) is 21.6 Å². The Morgan fingerprint density at radius 1 is 1.48 bits per heavy atom.